The van der Waals surface area contributed by atoms with E-state index in [1.165, 1.54) is 22.3 Å². The molecule has 1 aromatic heterocycles. The zero-order valence-corrected chi connectivity index (χ0v) is 17.9. The van der Waals surface area contributed by atoms with Crippen molar-refractivity contribution < 1.29 is 4.74 Å². The molecule has 154 valence electrons. The summed E-state index contributed by atoms with van der Waals surface area (Å²) in [6.07, 6.45) is 0.823. The second-order valence-corrected chi connectivity index (χ2v) is 8.05. The first-order valence-corrected chi connectivity index (χ1v) is 10.4. The Morgan fingerprint density at radius 3 is 1.97 bits per heavy atom. The summed E-state index contributed by atoms with van der Waals surface area (Å²) < 4.78 is 9.81. The monoisotopic (exact) mass is 399 g/mol. The minimum Gasteiger partial charge on any atom is -0.383 e. The molecule has 0 aliphatic rings. The number of para-hydroxylation sites is 2. The van der Waals surface area contributed by atoms with Crippen LogP contribution in [0.1, 0.15) is 28.3 Å². The predicted molar refractivity (Wildman–Crippen MR) is 122 cm³/mol. The molecule has 0 radical (unpaired) electrons. The molecule has 1 heterocycles. The van der Waals surface area contributed by atoms with Crippen molar-refractivity contribution in [1.29, 1.82) is 5.41 Å². The van der Waals surface area contributed by atoms with Crippen LogP contribution in [0, 0.1) is 19.3 Å². The van der Waals surface area contributed by atoms with Gasteiger partial charge in [0.2, 0.25) is 5.62 Å². The first-order chi connectivity index (χ1) is 14.6. The second-order valence-electron chi connectivity index (χ2n) is 8.05. The molecule has 1 N–H and O–H groups in total. The van der Waals surface area contributed by atoms with Gasteiger partial charge in [0.25, 0.3) is 0 Å². The summed E-state index contributed by atoms with van der Waals surface area (Å²) in [4.78, 5) is 0. The number of nitrogens with one attached hydrogen (secondary N) is 1. The van der Waals surface area contributed by atoms with E-state index in [0.29, 0.717) is 18.8 Å². The zero-order valence-electron chi connectivity index (χ0n) is 17.9. The van der Waals surface area contributed by atoms with Crippen LogP contribution in [-0.4, -0.2) is 22.9 Å². The quantitative estimate of drug-likeness (QED) is 0.466. The van der Waals surface area contributed by atoms with Gasteiger partial charge in [0.1, 0.15) is 0 Å². The third-order valence-corrected chi connectivity index (χ3v) is 5.69. The highest BCUT2D eigenvalue weighted by molar-refractivity contribution is 5.76. The molecule has 4 rings (SSSR count). The number of fused-ring (bicyclic) bond motifs is 1. The molecule has 0 saturated heterocycles. The van der Waals surface area contributed by atoms with E-state index in [-0.39, 0.29) is 6.04 Å². The molecule has 0 amide bonds. The third kappa shape index (κ3) is 4.10. The van der Waals surface area contributed by atoms with Crippen LogP contribution in [0.5, 0.6) is 0 Å². The van der Waals surface area contributed by atoms with E-state index in [2.05, 4.69) is 83.6 Å². The maximum absolute atomic E-state index is 9.05. The lowest BCUT2D eigenvalue weighted by Gasteiger charge is -2.19. The van der Waals surface area contributed by atoms with Gasteiger partial charge in [-0.3, -0.25) is 5.41 Å². The standard InChI is InChI=1S/C26H29N3O/c1-19-8-12-21(13-9-19)16-23(18-30-3)29-25-7-5-4-6-24(25)28(26(29)27)17-22-14-10-20(2)11-15-22/h4-15,23,27H,16-18H2,1-3H3/t23-/m0/s1. The maximum atomic E-state index is 9.05. The van der Waals surface area contributed by atoms with E-state index in [0.717, 1.165) is 17.5 Å². The zero-order chi connectivity index (χ0) is 21.1. The number of hydrogen-bond donors (Lipinski definition) is 1. The Morgan fingerprint density at radius 1 is 0.800 bits per heavy atom. The molecule has 0 fully saturated rings. The molecular weight excluding hydrogens is 370 g/mol. The molecule has 4 heteroatoms. The number of imidazole rings is 1. The molecule has 0 bridgehead atoms. The largest absolute Gasteiger partial charge is 0.383 e. The first-order valence-electron chi connectivity index (χ1n) is 10.4. The van der Waals surface area contributed by atoms with Gasteiger partial charge in [0.15, 0.2) is 0 Å². The fourth-order valence-corrected chi connectivity index (χ4v) is 4.07. The normalized spacial score (nSPS) is 12.4. The molecule has 4 aromatic rings. The van der Waals surface area contributed by atoms with Crippen molar-refractivity contribution in [3.63, 3.8) is 0 Å². The van der Waals surface area contributed by atoms with Crippen molar-refractivity contribution in [3.05, 3.63) is 101 Å². The van der Waals surface area contributed by atoms with E-state index >= 15 is 0 Å². The Hall–Kier alpha value is -3.11. The van der Waals surface area contributed by atoms with E-state index in [9.17, 15) is 0 Å². The van der Waals surface area contributed by atoms with E-state index in [1.54, 1.807) is 7.11 Å². The summed E-state index contributed by atoms with van der Waals surface area (Å²) in [5.41, 5.74) is 7.61. The average molecular weight is 400 g/mol. The van der Waals surface area contributed by atoms with Gasteiger partial charge in [-0.1, -0.05) is 71.8 Å². The molecule has 0 unspecified atom stereocenters. The lowest BCUT2D eigenvalue weighted by molar-refractivity contribution is 0.154. The lowest BCUT2D eigenvalue weighted by Crippen LogP contribution is -2.31. The fraction of sp³-hybridized carbons (Fsp3) is 0.269. The van der Waals surface area contributed by atoms with Crippen LogP contribution >= 0.6 is 0 Å². The lowest BCUT2D eigenvalue weighted by atomic mass is 10.0. The number of benzene rings is 3. The highest BCUT2D eigenvalue weighted by Crippen LogP contribution is 2.22. The van der Waals surface area contributed by atoms with Crippen LogP contribution in [0.2, 0.25) is 0 Å². The summed E-state index contributed by atoms with van der Waals surface area (Å²) >= 11 is 0. The number of methoxy groups -OCH3 is 1. The van der Waals surface area contributed by atoms with E-state index < -0.39 is 0 Å². The van der Waals surface area contributed by atoms with Crippen molar-refractivity contribution in [2.24, 2.45) is 0 Å². The van der Waals surface area contributed by atoms with E-state index in [4.69, 9.17) is 10.1 Å². The summed E-state index contributed by atoms with van der Waals surface area (Å²) in [5, 5.41) is 9.05. The number of hydrogen-bond acceptors (Lipinski definition) is 2. The van der Waals surface area contributed by atoms with Crippen molar-refractivity contribution in [2.45, 2.75) is 32.9 Å². The topological polar surface area (TPSA) is 42.9 Å². The second kappa shape index (κ2) is 8.72. The van der Waals surface area contributed by atoms with Crippen LogP contribution in [0.3, 0.4) is 0 Å². The Labute approximate surface area is 177 Å². The summed E-state index contributed by atoms with van der Waals surface area (Å²) in [6, 6.07) is 25.5. The van der Waals surface area contributed by atoms with Crippen LogP contribution in [-0.2, 0) is 17.7 Å². The Bertz CT molecular complexity index is 1180. The molecule has 0 saturated carbocycles. The molecule has 0 spiro atoms. The number of aryl methyl sites for hydroxylation is 2. The minimum atomic E-state index is 0.0503. The number of aromatic nitrogens is 2. The van der Waals surface area contributed by atoms with Crippen molar-refractivity contribution in [2.75, 3.05) is 13.7 Å². The highest BCUT2D eigenvalue weighted by atomic mass is 16.5. The summed E-state index contributed by atoms with van der Waals surface area (Å²) in [5.74, 6) is 0. The van der Waals surface area contributed by atoms with Crippen molar-refractivity contribution in [1.82, 2.24) is 9.13 Å². The van der Waals surface area contributed by atoms with Crippen LogP contribution in [0.25, 0.3) is 11.0 Å². The average Bonchev–Trinajstić information content (AvgIpc) is 3.02. The van der Waals surface area contributed by atoms with Crippen molar-refractivity contribution in [3.8, 4) is 0 Å². The Morgan fingerprint density at radius 2 is 1.37 bits per heavy atom. The van der Waals surface area contributed by atoms with Gasteiger partial charge in [-0.05, 0) is 43.5 Å². The van der Waals surface area contributed by atoms with Gasteiger partial charge in [-0.2, -0.15) is 0 Å². The Balaban J connectivity index is 1.78. The number of nitrogens with zero attached hydrogens (tertiary/aromatic N) is 2. The highest BCUT2D eigenvalue weighted by Gasteiger charge is 2.19. The molecule has 1 atom stereocenters. The smallest absolute Gasteiger partial charge is 0.203 e. The predicted octanol–water partition coefficient (Wildman–Crippen LogP) is 5.02. The number of ether oxygens (including phenoxy) is 1. The van der Waals surface area contributed by atoms with Crippen LogP contribution in [0.15, 0.2) is 72.8 Å². The molecule has 30 heavy (non-hydrogen) atoms. The van der Waals surface area contributed by atoms with Gasteiger partial charge in [0, 0.05) is 7.11 Å². The fourth-order valence-electron chi connectivity index (χ4n) is 4.07. The maximum Gasteiger partial charge on any atom is 0.203 e. The third-order valence-electron chi connectivity index (χ3n) is 5.69. The Kier molecular flexibility index (Phi) is 5.86. The van der Waals surface area contributed by atoms with Gasteiger partial charge in [-0.25, -0.2) is 0 Å². The van der Waals surface area contributed by atoms with Gasteiger partial charge < -0.3 is 13.9 Å². The van der Waals surface area contributed by atoms with Crippen molar-refractivity contribution >= 4 is 11.0 Å². The minimum absolute atomic E-state index is 0.0503. The van der Waals surface area contributed by atoms with Gasteiger partial charge in [0.05, 0.1) is 30.2 Å². The molecule has 0 aliphatic heterocycles. The van der Waals surface area contributed by atoms with Crippen LogP contribution < -0.4 is 5.62 Å². The van der Waals surface area contributed by atoms with E-state index in [1.807, 2.05) is 12.1 Å². The first kappa shape index (κ1) is 20.2. The van der Waals surface area contributed by atoms with Crippen LogP contribution in [0.4, 0.5) is 0 Å². The molecule has 4 nitrogen and oxygen atoms in total. The molecule has 0 aliphatic carbocycles. The molecule has 3 aromatic carbocycles. The van der Waals surface area contributed by atoms with Gasteiger partial charge >= 0.3 is 0 Å². The number of rotatable bonds is 7. The SMILES string of the molecule is COC[C@H](Cc1ccc(C)cc1)n1c(=N)n(Cc2ccc(C)cc2)c2ccccc21. The molecular formula is C26H29N3O. The summed E-state index contributed by atoms with van der Waals surface area (Å²) in [6.45, 7) is 5.44. The van der Waals surface area contributed by atoms with Gasteiger partial charge in [-0.15, -0.1) is 0 Å². The summed E-state index contributed by atoms with van der Waals surface area (Å²) in [7, 11) is 1.73.